The Labute approximate surface area is 200 Å². The van der Waals surface area contributed by atoms with E-state index in [2.05, 4.69) is 20.6 Å². The molecule has 0 spiro atoms. The monoisotopic (exact) mass is 476 g/mol. The van der Waals surface area contributed by atoms with E-state index in [0.29, 0.717) is 44.3 Å². The van der Waals surface area contributed by atoms with E-state index in [1.54, 1.807) is 47.4 Å². The number of hydrogen-bond donors (Lipinski definition) is 2. The summed E-state index contributed by atoms with van der Waals surface area (Å²) in [7, 11) is 0. The van der Waals surface area contributed by atoms with Gasteiger partial charge in [0.15, 0.2) is 5.82 Å². The van der Waals surface area contributed by atoms with Gasteiger partial charge in [0.25, 0.3) is 5.91 Å². The quantitative estimate of drug-likeness (QED) is 0.401. The molecule has 1 unspecified atom stereocenters. The van der Waals surface area contributed by atoms with Crippen molar-refractivity contribution in [1.82, 2.24) is 19.7 Å². The Balaban J connectivity index is 1.62. The van der Waals surface area contributed by atoms with E-state index in [9.17, 15) is 4.79 Å². The number of pyridine rings is 1. The first-order valence-electron chi connectivity index (χ1n) is 10.2. The highest BCUT2D eigenvalue weighted by Gasteiger charge is 2.34. The van der Waals surface area contributed by atoms with Gasteiger partial charge in [0.1, 0.15) is 6.04 Å². The SMILES string of the molecule is CC1=C(C(=O)Nc2cccnc2)C(c2ccc(Cl)cc2)n2nc(-c3ccccc3Cl)nc2N1. The Morgan fingerprint density at radius 2 is 1.85 bits per heavy atom. The van der Waals surface area contributed by atoms with Gasteiger partial charge >= 0.3 is 0 Å². The van der Waals surface area contributed by atoms with Gasteiger partial charge in [-0.05, 0) is 48.9 Å². The number of fused-ring (bicyclic) bond motifs is 1. The minimum Gasteiger partial charge on any atom is -0.328 e. The van der Waals surface area contributed by atoms with Crippen molar-refractivity contribution in [1.29, 1.82) is 0 Å². The van der Waals surface area contributed by atoms with Crippen LogP contribution in [0.2, 0.25) is 10.0 Å². The first-order valence-corrected chi connectivity index (χ1v) is 10.9. The number of allylic oxidation sites excluding steroid dienone is 1. The van der Waals surface area contributed by atoms with Gasteiger partial charge in [-0.15, -0.1) is 5.10 Å². The number of halogens is 2. The average Bonchev–Trinajstić information content (AvgIpc) is 3.23. The Bertz CT molecular complexity index is 1370. The number of amides is 1. The van der Waals surface area contributed by atoms with Crippen LogP contribution < -0.4 is 10.6 Å². The van der Waals surface area contributed by atoms with E-state index in [1.165, 1.54) is 0 Å². The van der Waals surface area contributed by atoms with Crippen LogP contribution in [-0.2, 0) is 4.79 Å². The second kappa shape index (κ2) is 8.69. The molecule has 0 saturated heterocycles. The van der Waals surface area contributed by atoms with Crippen LogP contribution in [0.4, 0.5) is 11.6 Å². The number of nitrogens with one attached hydrogen (secondary N) is 2. The maximum atomic E-state index is 13.4. The zero-order valence-corrected chi connectivity index (χ0v) is 19.0. The van der Waals surface area contributed by atoms with Crippen molar-refractivity contribution in [3.8, 4) is 11.4 Å². The molecule has 2 aromatic heterocycles. The summed E-state index contributed by atoms with van der Waals surface area (Å²) in [4.78, 5) is 22.2. The van der Waals surface area contributed by atoms with E-state index in [-0.39, 0.29) is 5.91 Å². The van der Waals surface area contributed by atoms with Gasteiger partial charge in [0.05, 0.1) is 22.5 Å². The number of rotatable bonds is 4. The summed E-state index contributed by atoms with van der Waals surface area (Å²) >= 11 is 12.5. The molecule has 1 amide bonds. The first-order chi connectivity index (χ1) is 16.0. The van der Waals surface area contributed by atoms with Crippen LogP contribution >= 0.6 is 23.2 Å². The van der Waals surface area contributed by atoms with Gasteiger partial charge in [-0.2, -0.15) is 4.98 Å². The molecule has 0 fully saturated rings. The smallest absolute Gasteiger partial charge is 0.255 e. The average molecular weight is 477 g/mol. The van der Waals surface area contributed by atoms with Crippen LogP contribution in [-0.4, -0.2) is 25.7 Å². The Morgan fingerprint density at radius 3 is 2.58 bits per heavy atom. The molecule has 7 nitrogen and oxygen atoms in total. The third-order valence-corrected chi connectivity index (χ3v) is 5.90. The summed E-state index contributed by atoms with van der Waals surface area (Å²) < 4.78 is 1.70. The van der Waals surface area contributed by atoms with Gasteiger partial charge in [0, 0.05) is 22.5 Å². The molecule has 5 rings (SSSR count). The molecular weight excluding hydrogens is 459 g/mol. The second-order valence-electron chi connectivity index (χ2n) is 7.50. The summed E-state index contributed by atoms with van der Waals surface area (Å²) in [6.07, 6.45) is 3.24. The van der Waals surface area contributed by atoms with Gasteiger partial charge in [-0.1, -0.05) is 47.5 Å². The Kier molecular flexibility index (Phi) is 5.58. The lowest BCUT2D eigenvalue weighted by Crippen LogP contribution is -2.31. The van der Waals surface area contributed by atoms with Crippen molar-refractivity contribution in [2.24, 2.45) is 0 Å². The van der Waals surface area contributed by atoms with Crippen LogP contribution in [0, 0.1) is 0 Å². The third kappa shape index (κ3) is 4.08. The molecule has 2 aromatic carbocycles. The van der Waals surface area contributed by atoms with E-state index in [1.807, 2.05) is 37.3 Å². The van der Waals surface area contributed by atoms with Gasteiger partial charge in [0.2, 0.25) is 5.95 Å². The maximum absolute atomic E-state index is 13.4. The predicted octanol–water partition coefficient (Wildman–Crippen LogP) is 5.57. The number of nitrogens with zero attached hydrogens (tertiary/aromatic N) is 4. The highest BCUT2D eigenvalue weighted by molar-refractivity contribution is 6.33. The van der Waals surface area contributed by atoms with Crippen molar-refractivity contribution in [3.05, 3.63) is 99.9 Å². The zero-order chi connectivity index (χ0) is 22.9. The number of aromatic nitrogens is 4. The highest BCUT2D eigenvalue weighted by atomic mass is 35.5. The number of anilines is 2. The highest BCUT2D eigenvalue weighted by Crippen LogP contribution is 2.38. The maximum Gasteiger partial charge on any atom is 0.255 e. The summed E-state index contributed by atoms with van der Waals surface area (Å²) in [5.41, 5.74) is 3.32. The minimum absolute atomic E-state index is 0.270. The van der Waals surface area contributed by atoms with Crippen molar-refractivity contribution in [3.63, 3.8) is 0 Å². The van der Waals surface area contributed by atoms with Crippen molar-refractivity contribution in [2.45, 2.75) is 13.0 Å². The minimum atomic E-state index is -0.529. The second-order valence-corrected chi connectivity index (χ2v) is 8.34. The van der Waals surface area contributed by atoms with E-state index >= 15 is 0 Å². The summed E-state index contributed by atoms with van der Waals surface area (Å²) in [6.45, 7) is 1.84. The van der Waals surface area contributed by atoms with Gasteiger partial charge in [-0.3, -0.25) is 9.78 Å². The van der Waals surface area contributed by atoms with Crippen LogP contribution in [0.15, 0.2) is 84.3 Å². The molecule has 164 valence electrons. The predicted molar refractivity (Wildman–Crippen MR) is 129 cm³/mol. The lowest BCUT2D eigenvalue weighted by atomic mass is 9.95. The fourth-order valence-corrected chi connectivity index (χ4v) is 4.14. The number of benzene rings is 2. The molecule has 1 atom stereocenters. The van der Waals surface area contributed by atoms with Crippen LogP contribution in [0.5, 0.6) is 0 Å². The molecule has 0 bridgehead atoms. The van der Waals surface area contributed by atoms with E-state index in [0.717, 1.165) is 5.56 Å². The fraction of sp³-hybridized carbons (Fsp3) is 0.0833. The molecule has 33 heavy (non-hydrogen) atoms. The van der Waals surface area contributed by atoms with Crippen molar-refractivity contribution in [2.75, 3.05) is 10.6 Å². The molecule has 4 aromatic rings. The Morgan fingerprint density at radius 1 is 1.06 bits per heavy atom. The summed E-state index contributed by atoms with van der Waals surface area (Å²) in [5.74, 6) is 0.706. The fourth-order valence-electron chi connectivity index (χ4n) is 3.79. The molecule has 1 aliphatic rings. The molecule has 3 heterocycles. The topological polar surface area (TPSA) is 84.7 Å². The molecular formula is C24H18Cl2N6O. The van der Waals surface area contributed by atoms with E-state index in [4.69, 9.17) is 28.3 Å². The molecule has 0 aliphatic carbocycles. The van der Waals surface area contributed by atoms with E-state index < -0.39 is 6.04 Å². The largest absolute Gasteiger partial charge is 0.328 e. The summed E-state index contributed by atoms with van der Waals surface area (Å²) in [5, 5.41) is 12.0. The molecule has 9 heteroatoms. The van der Waals surface area contributed by atoms with Crippen molar-refractivity contribution >= 4 is 40.7 Å². The van der Waals surface area contributed by atoms with Crippen LogP contribution in [0.25, 0.3) is 11.4 Å². The first kappa shape index (κ1) is 21.2. The Hall–Kier alpha value is -3.68. The van der Waals surface area contributed by atoms with Gasteiger partial charge in [-0.25, -0.2) is 4.68 Å². The molecule has 1 aliphatic heterocycles. The van der Waals surface area contributed by atoms with Crippen LogP contribution in [0.3, 0.4) is 0 Å². The lowest BCUT2D eigenvalue weighted by Gasteiger charge is -2.28. The lowest BCUT2D eigenvalue weighted by molar-refractivity contribution is -0.113. The van der Waals surface area contributed by atoms with Crippen LogP contribution in [0.1, 0.15) is 18.5 Å². The zero-order valence-electron chi connectivity index (χ0n) is 17.5. The number of hydrogen-bond acceptors (Lipinski definition) is 5. The third-order valence-electron chi connectivity index (χ3n) is 5.32. The standard InChI is InChI=1S/C24H18Cl2N6O/c1-14-20(23(33)29-17-5-4-12-27-13-17)21(15-8-10-16(25)11-9-15)32-24(28-14)30-22(31-32)18-6-2-3-7-19(18)26/h2-13,21H,1H3,(H,29,33)(H,28,30,31). The molecule has 0 saturated carbocycles. The van der Waals surface area contributed by atoms with Crippen molar-refractivity contribution < 1.29 is 4.79 Å². The summed E-state index contributed by atoms with van der Waals surface area (Å²) in [6, 6.07) is 17.7. The van der Waals surface area contributed by atoms with Gasteiger partial charge < -0.3 is 10.6 Å². The number of carbonyl (C=O) groups is 1. The normalized spacial score (nSPS) is 15.1. The molecule has 2 N–H and O–H groups in total. The number of carbonyl (C=O) groups excluding carboxylic acids is 1. The molecule has 0 radical (unpaired) electrons.